The van der Waals surface area contributed by atoms with Crippen molar-refractivity contribution in [2.45, 2.75) is 0 Å². The summed E-state index contributed by atoms with van der Waals surface area (Å²) in [7, 11) is 0. The van der Waals surface area contributed by atoms with Gasteiger partial charge in [0.2, 0.25) is 6.79 Å². The number of hydrogen-bond donors (Lipinski definition) is 2. The van der Waals surface area contributed by atoms with E-state index >= 15 is 0 Å². The molecule has 166 valence electrons. The minimum atomic E-state index is -1.33. The number of hydrogen-bond acceptors (Lipinski definition) is 6. The number of rotatable bonds is 6. The predicted octanol–water partition coefficient (Wildman–Crippen LogP) is 2.84. The van der Waals surface area contributed by atoms with Crippen molar-refractivity contribution in [3.63, 3.8) is 0 Å². The molecule has 4 rings (SSSR count). The molecule has 33 heavy (non-hydrogen) atoms. The van der Waals surface area contributed by atoms with Crippen molar-refractivity contribution in [3.05, 3.63) is 94.1 Å². The molecule has 0 spiro atoms. The van der Waals surface area contributed by atoms with E-state index in [0.717, 1.165) is 0 Å². The van der Waals surface area contributed by atoms with E-state index in [1.807, 2.05) is 0 Å². The largest absolute Gasteiger partial charge is 0.545 e. The van der Waals surface area contributed by atoms with Crippen LogP contribution in [-0.2, 0) is 4.79 Å². The SMILES string of the molecule is O=C(Nc1ccc(C(=O)[O-])cc1)/C(=C\c1ccc2c(c1)OCO2)NC(=O)c1ccccc1Cl. The van der Waals surface area contributed by atoms with E-state index in [9.17, 15) is 19.5 Å². The molecule has 2 amide bonds. The van der Waals surface area contributed by atoms with Crippen LogP contribution in [0.4, 0.5) is 5.69 Å². The summed E-state index contributed by atoms with van der Waals surface area (Å²) in [5, 5.41) is 16.4. The van der Waals surface area contributed by atoms with Crippen molar-refractivity contribution in [3.8, 4) is 11.5 Å². The van der Waals surface area contributed by atoms with Gasteiger partial charge in [-0.1, -0.05) is 41.9 Å². The molecule has 9 heteroatoms. The van der Waals surface area contributed by atoms with Crippen LogP contribution in [0.5, 0.6) is 11.5 Å². The van der Waals surface area contributed by atoms with Gasteiger partial charge in [-0.05, 0) is 53.6 Å². The molecule has 1 aliphatic heterocycles. The second-order valence-corrected chi connectivity index (χ2v) is 7.33. The Hall–Kier alpha value is -4.30. The Kier molecular flexibility index (Phi) is 6.28. The van der Waals surface area contributed by atoms with Crippen LogP contribution in [0.25, 0.3) is 6.08 Å². The second-order valence-electron chi connectivity index (χ2n) is 6.92. The first-order valence-electron chi connectivity index (χ1n) is 9.71. The summed E-state index contributed by atoms with van der Waals surface area (Å²) in [5.74, 6) is -1.45. The molecule has 0 unspecified atom stereocenters. The summed E-state index contributed by atoms with van der Waals surface area (Å²) >= 11 is 6.11. The van der Waals surface area contributed by atoms with E-state index in [1.54, 1.807) is 36.4 Å². The topological polar surface area (TPSA) is 117 Å². The molecule has 0 atom stereocenters. The maximum absolute atomic E-state index is 13.0. The molecule has 0 saturated heterocycles. The number of aromatic carboxylic acids is 1. The molecule has 0 saturated carbocycles. The number of carbonyl (C=O) groups excluding carboxylic acids is 3. The lowest BCUT2D eigenvalue weighted by atomic mass is 10.1. The lowest BCUT2D eigenvalue weighted by molar-refractivity contribution is -0.255. The molecule has 3 aromatic carbocycles. The summed E-state index contributed by atoms with van der Waals surface area (Å²) in [6, 6.07) is 16.9. The lowest BCUT2D eigenvalue weighted by Gasteiger charge is -2.12. The summed E-state index contributed by atoms with van der Waals surface area (Å²) in [4.78, 5) is 36.7. The third kappa shape index (κ3) is 5.13. The van der Waals surface area contributed by atoms with Gasteiger partial charge in [-0.2, -0.15) is 0 Å². The highest BCUT2D eigenvalue weighted by atomic mass is 35.5. The standard InChI is InChI=1S/C24H17ClN2O6/c25-18-4-2-1-3-17(18)22(28)27-19(11-14-5-10-20-21(12-14)33-13-32-20)23(29)26-16-8-6-15(7-9-16)24(30)31/h1-12H,13H2,(H,26,29)(H,27,28)(H,30,31)/p-1/b19-11+. The average Bonchev–Trinajstić information content (AvgIpc) is 3.27. The Morgan fingerprint density at radius 1 is 0.939 bits per heavy atom. The van der Waals surface area contributed by atoms with Crippen LogP contribution >= 0.6 is 11.6 Å². The van der Waals surface area contributed by atoms with Gasteiger partial charge in [-0.3, -0.25) is 9.59 Å². The Balaban J connectivity index is 1.62. The summed E-state index contributed by atoms with van der Waals surface area (Å²) in [6.07, 6.45) is 1.47. The zero-order chi connectivity index (χ0) is 23.4. The van der Waals surface area contributed by atoms with Gasteiger partial charge in [-0.15, -0.1) is 0 Å². The maximum atomic E-state index is 13.0. The Morgan fingerprint density at radius 3 is 2.39 bits per heavy atom. The molecule has 0 fully saturated rings. The molecule has 1 heterocycles. The number of amides is 2. The molecule has 2 N–H and O–H groups in total. The molecule has 0 radical (unpaired) electrons. The fourth-order valence-electron chi connectivity index (χ4n) is 3.05. The summed E-state index contributed by atoms with van der Waals surface area (Å²) in [5.41, 5.74) is 1.01. The van der Waals surface area contributed by atoms with Gasteiger partial charge in [-0.25, -0.2) is 0 Å². The van der Waals surface area contributed by atoms with Crippen molar-refractivity contribution in [2.24, 2.45) is 0 Å². The van der Waals surface area contributed by atoms with Gasteiger partial charge in [0.15, 0.2) is 11.5 Å². The lowest BCUT2D eigenvalue weighted by Crippen LogP contribution is -2.31. The minimum absolute atomic E-state index is 0.0313. The molecule has 3 aromatic rings. The third-order valence-electron chi connectivity index (χ3n) is 4.70. The highest BCUT2D eigenvalue weighted by molar-refractivity contribution is 6.34. The van der Waals surface area contributed by atoms with Crippen molar-refractivity contribution in [1.29, 1.82) is 0 Å². The first kappa shape index (κ1) is 21.9. The Bertz CT molecular complexity index is 1270. The number of ether oxygens (including phenoxy) is 2. The van der Waals surface area contributed by atoms with Crippen LogP contribution in [0.1, 0.15) is 26.3 Å². The molecular weight excluding hydrogens is 448 g/mol. The fourth-order valence-corrected chi connectivity index (χ4v) is 3.27. The first-order valence-corrected chi connectivity index (χ1v) is 10.1. The zero-order valence-electron chi connectivity index (χ0n) is 17.0. The predicted molar refractivity (Wildman–Crippen MR) is 119 cm³/mol. The number of anilines is 1. The van der Waals surface area contributed by atoms with Gasteiger partial charge in [0.1, 0.15) is 5.70 Å². The number of carboxylic acids is 1. The van der Waals surface area contributed by atoms with Crippen LogP contribution in [-0.4, -0.2) is 24.6 Å². The van der Waals surface area contributed by atoms with Crippen molar-refractivity contribution in [1.82, 2.24) is 5.32 Å². The number of carboxylic acid groups (broad SMARTS) is 1. The highest BCUT2D eigenvalue weighted by Gasteiger charge is 2.18. The van der Waals surface area contributed by atoms with Gasteiger partial charge >= 0.3 is 0 Å². The van der Waals surface area contributed by atoms with Crippen molar-refractivity contribution >= 4 is 41.1 Å². The van der Waals surface area contributed by atoms with Crippen LogP contribution in [0.2, 0.25) is 5.02 Å². The minimum Gasteiger partial charge on any atom is -0.545 e. The molecule has 0 bridgehead atoms. The van der Waals surface area contributed by atoms with Crippen LogP contribution in [0, 0.1) is 0 Å². The summed E-state index contributed by atoms with van der Waals surface area (Å²) in [6.45, 7) is 0.0982. The van der Waals surface area contributed by atoms with Gasteiger partial charge < -0.3 is 30.0 Å². The molecule has 1 aliphatic rings. The first-order chi connectivity index (χ1) is 15.9. The van der Waals surface area contributed by atoms with E-state index < -0.39 is 17.8 Å². The van der Waals surface area contributed by atoms with Crippen LogP contribution < -0.4 is 25.2 Å². The van der Waals surface area contributed by atoms with E-state index in [4.69, 9.17) is 21.1 Å². The normalized spacial score (nSPS) is 12.2. The number of halogens is 1. The molecule has 0 aromatic heterocycles. The molecule has 8 nitrogen and oxygen atoms in total. The summed E-state index contributed by atoms with van der Waals surface area (Å²) < 4.78 is 10.7. The van der Waals surface area contributed by atoms with Crippen molar-refractivity contribution in [2.75, 3.05) is 12.1 Å². The van der Waals surface area contributed by atoms with Gasteiger partial charge in [0.25, 0.3) is 11.8 Å². The highest BCUT2D eigenvalue weighted by Crippen LogP contribution is 2.33. The zero-order valence-corrected chi connectivity index (χ0v) is 17.7. The third-order valence-corrected chi connectivity index (χ3v) is 5.03. The molecular formula is C24H16ClN2O6-. The Morgan fingerprint density at radius 2 is 1.67 bits per heavy atom. The number of fused-ring (bicyclic) bond motifs is 1. The number of nitrogens with one attached hydrogen (secondary N) is 2. The van der Waals surface area contributed by atoms with E-state index in [-0.39, 0.29) is 28.6 Å². The van der Waals surface area contributed by atoms with Gasteiger partial charge in [0.05, 0.1) is 16.6 Å². The molecule has 0 aliphatic carbocycles. The monoisotopic (exact) mass is 463 g/mol. The van der Waals surface area contributed by atoms with Crippen LogP contribution in [0.15, 0.2) is 72.4 Å². The van der Waals surface area contributed by atoms with E-state index in [1.165, 1.54) is 36.4 Å². The Labute approximate surface area is 193 Å². The smallest absolute Gasteiger partial charge is 0.272 e. The van der Waals surface area contributed by atoms with E-state index in [2.05, 4.69) is 10.6 Å². The van der Waals surface area contributed by atoms with Crippen molar-refractivity contribution < 1.29 is 29.0 Å². The number of carbonyl (C=O) groups is 3. The quantitative estimate of drug-likeness (QED) is 0.543. The van der Waals surface area contributed by atoms with Gasteiger partial charge in [0, 0.05) is 5.69 Å². The second kappa shape index (κ2) is 9.46. The average molecular weight is 464 g/mol. The number of benzene rings is 3. The fraction of sp³-hybridized carbons (Fsp3) is 0.0417. The maximum Gasteiger partial charge on any atom is 0.272 e. The van der Waals surface area contributed by atoms with Crippen LogP contribution in [0.3, 0.4) is 0 Å². The van der Waals surface area contributed by atoms with E-state index in [0.29, 0.717) is 22.7 Å².